The molecule has 2 rings (SSSR count). The second-order valence-corrected chi connectivity index (χ2v) is 20.4. The van der Waals surface area contributed by atoms with Crippen molar-refractivity contribution in [1.82, 2.24) is 4.98 Å². The van der Waals surface area contributed by atoms with Gasteiger partial charge in [-0.1, -0.05) is 97.2 Å². The average Bonchev–Trinajstić information content (AvgIpc) is 2.80. The molecule has 0 unspecified atom stereocenters. The standard InChI is InChI=1S/C21H35NSi2/c1-20(2,3)24(21(4,5)6)16-19(23(7,8)9)18(22-24)15-17-13-11-10-12-14-17/h10-16,22H,1-9H3/b18-15-. The van der Waals surface area contributed by atoms with Crippen molar-refractivity contribution in [2.75, 3.05) is 0 Å². The van der Waals surface area contributed by atoms with E-state index in [1.54, 1.807) is 5.20 Å². The maximum Gasteiger partial charge on any atom is 0.189 e. The van der Waals surface area contributed by atoms with Crippen LogP contribution in [0.15, 0.2) is 46.9 Å². The summed E-state index contributed by atoms with van der Waals surface area (Å²) in [6.07, 6.45) is 2.37. The number of hydrogen-bond donors (Lipinski definition) is 1. The molecule has 0 saturated carbocycles. The van der Waals surface area contributed by atoms with Crippen LogP contribution in [0.2, 0.25) is 29.7 Å². The van der Waals surface area contributed by atoms with Crippen LogP contribution >= 0.6 is 0 Å². The van der Waals surface area contributed by atoms with E-state index in [1.165, 1.54) is 11.3 Å². The van der Waals surface area contributed by atoms with Crippen LogP contribution in [-0.4, -0.2) is 16.3 Å². The van der Waals surface area contributed by atoms with Crippen LogP contribution in [-0.2, 0) is 0 Å². The summed E-state index contributed by atoms with van der Waals surface area (Å²) < 4.78 is 0. The molecule has 0 aromatic heterocycles. The summed E-state index contributed by atoms with van der Waals surface area (Å²) in [6, 6.07) is 10.7. The van der Waals surface area contributed by atoms with Gasteiger partial charge in [-0.25, -0.2) is 0 Å². The molecule has 1 aliphatic heterocycles. The molecule has 0 bridgehead atoms. The van der Waals surface area contributed by atoms with Gasteiger partial charge in [0.25, 0.3) is 0 Å². The Kier molecular flexibility index (Phi) is 4.84. The highest BCUT2D eigenvalue weighted by atomic mass is 28.3. The molecule has 0 saturated heterocycles. The molecule has 0 aliphatic carbocycles. The van der Waals surface area contributed by atoms with Crippen LogP contribution in [0.25, 0.3) is 6.08 Å². The van der Waals surface area contributed by atoms with Crippen LogP contribution in [0.3, 0.4) is 0 Å². The first-order valence-corrected chi connectivity index (χ1v) is 14.6. The van der Waals surface area contributed by atoms with Crippen molar-refractivity contribution < 1.29 is 0 Å². The first-order chi connectivity index (χ1) is 10.8. The average molecular weight is 358 g/mol. The second-order valence-electron chi connectivity index (χ2n) is 10.2. The quantitative estimate of drug-likeness (QED) is 0.594. The van der Waals surface area contributed by atoms with Crippen molar-refractivity contribution in [3.63, 3.8) is 0 Å². The van der Waals surface area contributed by atoms with Gasteiger partial charge >= 0.3 is 0 Å². The third-order valence-corrected chi connectivity index (χ3v) is 13.7. The van der Waals surface area contributed by atoms with E-state index in [2.05, 4.69) is 108 Å². The van der Waals surface area contributed by atoms with Crippen molar-refractivity contribution in [2.45, 2.75) is 71.3 Å². The highest BCUT2D eigenvalue weighted by Crippen LogP contribution is 2.54. The first-order valence-electron chi connectivity index (χ1n) is 9.07. The number of benzene rings is 1. The van der Waals surface area contributed by atoms with Crippen molar-refractivity contribution >= 4 is 22.4 Å². The topological polar surface area (TPSA) is 12.0 Å². The molecular formula is C21H35NSi2. The number of hydrogen-bond acceptors (Lipinski definition) is 1. The molecule has 0 spiro atoms. The van der Waals surface area contributed by atoms with E-state index in [1.807, 2.05) is 0 Å². The van der Waals surface area contributed by atoms with Crippen LogP contribution in [0.5, 0.6) is 0 Å². The zero-order valence-corrected chi connectivity index (χ0v) is 19.0. The van der Waals surface area contributed by atoms with Gasteiger partial charge in [-0.15, -0.1) is 0 Å². The molecule has 1 nitrogen and oxygen atoms in total. The predicted octanol–water partition coefficient (Wildman–Crippen LogP) is 6.52. The Hall–Kier alpha value is -1.07. The van der Waals surface area contributed by atoms with Gasteiger partial charge < -0.3 is 4.98 Å². The molecule has 0 fully saturated rings. The van der Waals surface area contributed by atoms with Gasteiger partial charge in [0.1, 0.15) is 0 Å². The fourth-order valence-electron chi connectivity index (χ4n) is 3.99. The maximum absolute atomic E-state index is 4.13. The lowest BCUT2D eigenvalue weighted by Gasteiger charge is -2.48. The smallest absolute Gasteiger partial charge is 0.189 e. The molecule has 1 aromatic carbocycles. The second kappa shape index (κ2) is 6.03. The minimum absolute atomic E-state index is 0.266. The molecule has 132 valence electrons. The number of rotatable bonds is 2. The van der Waals surface area contributed by atoms with E-state index in [4.69, 9.17) is 0 Å². The summed E-state index contributed by atoms with van der Waals surface area (Å²) >= 11 is 0. The largest absolute Gasteiger partial charge is 0.406 e. The molecular weight excluding hydrogens is 322 g/mol. The Bertz CT molecular complexity index is 636. The normalized spacial score (nSPS) is 20.0. The Morgan fingerprint density at radius 1 is 0.875 bits per heavy atom. The Labute approximate surface area is 151 Å². The summed E-state index contributed by atoms with van der Waals surface area (Å²) in [4.78, 5) is 4.13. The molecule has 1 heterocycles. The van der Waals surface area contributed by atoms with Gasteiger partial charge in [0.05, 0.1) is 8.07 Å². The van der Waals surface area contributed by atoms with E-state index in [9.17, 15) is 0 Å². The van der Waals surface area contributed by atoms with E-state index in [0.717, 1.165) is 0 Å². The lowest BCUT2D eigenvalue weighted by Crippen LogP contribution is -2.59. The van der Waals surface area contributed by atoms with E-state index in [0.29, 0.717) is 0 Å². The van der Waals surface area contributed by atoms with Gasteiger partial charge in [0.15, 0.2) is 8.24 Å². The lowest BCUT2D eigenvalue weighted by molar-refractivity contribution is 0.608. The number of nitrogens with one attached hydrogen (secondary N) is 1. The summed E-state index contributed by atoms with van der Waals surface area (Å²) in [5.74, 6) is 0. The van der Waals surface area contributed by atoms with Gasteiger partial charge in [0, 0.05) is 5.70 Å². The fourth-order valence-corrected chi connectivity index (χ4v) is 12.6. The van der Waals surface area contributed by atoms with Crippen molar-refractivity contribution in [3.05, 3.63) is 52.5 Å². The maximum atomic E-state index is 4.13. The van der Waals surface area contributed by atoms with Gasteiger partial charge in [-0.2, -0.15) is 0 Å². The molecule has 1 N–H and O–H groups in total. The van der Waals surface area contributed by atoms with Crippen molar-refractivity contribution in [3.8, 4) is 0 Å². The predicted molar refractivity (Wildman–Crippen MR) is 114 cm³/mol. The summed E-state index contributed by atoms with van der Waals surface area (Å²) in [7, 11) is -3.29. The molecule has 1 aliphatic rings. The minimum Gasteiger partial charge on any atom is -0.406 e. The molecule has 0 amide bonds. The monoisotopic (exact) mass is 357 g/mol. The highest BCUT2D eigenvalue weighted by molar-refractivity contribution is 6.94. The molecule has 0 atom stereocenters. The lowest BCUT2D eigenvalue weighted by atomic mass is 10.2. The van der Waals surface area contributed by atoms with Crippen LogP contribution in [0, 0.1) is 0 Å². The third-order valence-electron chi connectivity index (χ3n) is 5.27. The summed E-state index contributed by atoms with van der Waals surface area (Å²) in [5.41, 5.74) is 5.39. The SMILES string of the molecule is CC(C)(C)[Si]1(C(C)(C)C)C=C([Si](C)(C)C)/C(=C/c2ccccc2)N1. The fraction of sp³-hybridized carbons (Fsp3) is 0.524. The van der Waals surface area contributed by atoms with Gasteiger partial charge in [0.2, 0.25) is 0 Å². The highest BCUT2D eigenvalue weighted by Gasteiger charge is 2.56. The van der Waals surface area contributed by atoms with E-state index < -0.39 is 16.3 Å². The molecule has 24 heavy (non-hydrogen) atoms. The zero-order chi connectivity index (χ0) is 18.4. The number of allylic oxidation sites excluding steroid dienone is 1. The van der Waals surface area contributed by atoms with Gasteiger partial charge in [-0.3, -0.25) is 0 Å². The summed E-state index contributed by atoms with van der Waals surface area (Å²) in [5, 5.41) is 2.15. The first kappa shape index (κ1) is 19.3. The van der Waals surface area contributed by atoms with Crippen LogP contribution in [0.1, 0.15) is 47.1 Å². The third kappa shape index (κ3) is 3.47. The Morgan fingerprint density at radius 2 is 1.38 bits per heavy atom. The van der Waals surface area contributed by atoms with E-state index >= 15 is 0 Å². The van der Waals surface area contributed by atoms with Gasteiger partial charge in [-0.05, 0) is 26.9 Å². The molecule has 0 radical (unpaired) electrons. The zero-order valence-electron chi connectivity index (χ0n) is 17.0. The van der Waals surface area contributed by atoms with Crippen LogP contribution < -0.4 is 4.98 Å². The molecule has 3 heteroatoms. The minimum atomic E-state index is -1.87. The van der Waals surface area contributed by atoms with E-state index in [-0.39, 0.29) is 10.1 Å². The van der Waals surface area contributed by atoms with Crippen molar-refractivity contribution in [2.24, 2.45) is 0 Å². The Morgan fingerprint density at radius 3 is 1.79 bits per heavy atom. The Balaban J connectivity index is 2.65. The van der Waals surface area contributed by atoms with Crippen molar-refractivity contribution in [1.29, 1.82) is 0 Å². The summed E-state index contributed by atoms with van der Waals surface area (Å²) in [6.45, 7) is 21.9. The van der Waals surface area contributed by atoms with Crippen LogP contribution in [0.4, 0.5) is 0 Å². The molecule has 1 aromatic rings.